The zero-order valence-electron chi connectivity index (χ0n) is 20.9. The van der Waals surface area contributed by atoms with Crippen LogP contribution in [0, 0.1) is 0 Å². The average Bonchev–Trinajstić information content (AvgIpc) is 3.65. The molecule has 190 valence electrons. The molecule has 1 amide bonds. The van der Waals surface area contributed by atoms with E-state index in [0.29, 0.717) is 5.57 Å². The quantitative estimate of drug-likeness (QED) is 0.165. The summed E-state index contributed by atoms with van der Waals surface area (Å²) in [7, 11) is 0. The second kappa shape index (κ2) is 14.9. The fourth-order valence-electron chi connectivity index (χ4n) is 3.69. The Kier molecular flexibility index (Phi) is 13.5. The SMILES string of the molecule is C1CC1.CCCCCCCCC(Cl)(CC)C(C)NC(=O)/C(C)=C/C1=CC=C(C(F)(F)F)CC1. The van der Waals surface area contributed by atoms with Gasteiger partial charge in [-0.1, -0.05) is 89.9 Å². The maximum absolute atomic E-state index is 12.7. The summed E-state index contributed by atoms with van der Waals surface area (Å²) in [5, 5.41) is 2.99. The van der Waals surface area contributed by atoms with E-state index in [-0.39, 0.29) is 24.8 Å². The summed E-state index contributed by atoms with van der Waals surface area (Å²) < 4.78 is 38.2. The molecule has 0 heterocycles. The van der Waals surface area contributed by atoms with E-state index in [2.05, 4.69) is 12.2 Å². The monoisotopic (exact) mass is 489 g/mol. The molecule has 2 rings (SSSR count). The Bertz CT molecular complexity index is 691. The summed E-state index contributed by atoms with van der Waals surface area (Å²) in [5.41, 5.74) is 0.676. The third kappa shape index (κ3) is 12.2. The number of amides is 1. The zero-order chi connectivity index (χ0) is 24.9. The van der Waals surface area contributed by atoms with Crippen molar-refractivity contribution >= 4 is 17.5 Å². The van der Waals surface area contributed by atoms with Crippen LogP contribution >= 0.6 is 11.6 Å². The summed E-state index contributed by atoms with van der Waals surface area (Å²) in [6.07, 6.45) is 13.4. The first-order valence-corrected chi connectivity index (χ1v) is 13.1. The van der Waals surface area contributed by atoms with Crippen molar-refractivity contribution in [2.24, 2.45) is 0 Å². The maximum atomic E-state index is 12.7. The Morgan fingerprint density at radius 2 is 1.67 bits per heavy atom. The molecule has 0 radical (unpaired) electrons. The fraction of sp³-hybridized carbons (Fsp3) is 0.741. The largest absolute Gasteiger partial charge is 0.412 e. The molecular formula is C27H43ClF3NO. The third-order valence-corrected chi connectivity index (χ3v) is 7.10. The van der Waals surface area contributed by atoms with Crippen LogP contribution in [0.25, 0.3) is 0 Å². The summed E-state index contributed by atoms with van der Waals surface area (Å²) in [6.45, 7) is 7.84. The Hall–Kier alpha value is -1.23. The standard InChI is InChI=1S/C24H37ClF3NO.C3H6/c1-5-7-8-9-10-11-16-23(25,6-2)19(4)29-22(30)18(3)17-20-12-14-21(15-13-20)24(26,27)28;1-2-3-1/h12,14,17,19H,5-11,13,15-16H2,1-4H3,(H,29,30);1-3H2/b18-17+;. The molecule has 2 aliphatic carbocycles. The minimum atomic E-state index is -4.28. The molecule has 0 bridgehead atoms. The zero-order valence-corrected chi connectivity index (χ0v) is 21.7. The van der Waals surface area contributed by atoms with Crippen molar-refractivity contribution in [3.63, 3.8) is 0 Å². The number of carbonyl (C=O) groups excluding carboxylic acids is 1. The van der Waals surface area contributed by atoms with Gasteiger partial charge in [0, 0.05) is 17.2 Å². The molecule has 1 saturated carbocycles. The number of halogens is 4. The van der Waals surface area contributed by atoms with E-state index >= 15 is 0 Å². The fourth-order valence-corrected chi connectivity index (χ4v) is 3.88. The van der Waals surface area contributed by atoms with E-state index in [1.807, 2.05) is 13.8 Å². The smallest absolute Gasteiger partial charge is 0.348 e. The van der Waals surface area contributed by atoms with Gasteiger partial charge in [0.15, 0.2) is 0 Å². The second-order valence-corrected chi connectivity index (χ2v) is 10.2. The summed E-state index contributed by atoms with van der Waals surface area (Å²) in [5.74, 6) is -0.226. The molecule has 2 aliphatic rings. The Morgan fingerprint density at radius 1 is 1.06 bits per heavy atom. The van der Waals surface area contributed by atoms with E-state index in [9.17, 15) is 18.0 Å². The molecule has 2 unspecified atom stereocenters. The first-order chi connectivity index (χ1) is 15.5. The van der Waals surface area contributed by atoms with Crippen LogP contribution in [-0.2, 0) is 4.79 Å². The van der Waals surface area contributed by atoms with Gasteiger partial charge in [-0.05, 0) is 45.1 Å². The normalized spacial score (nSPS) is 18.8. The molecule has 0 aliphatic heterocycles. The van der Waals surface area contributed by atoms with Crippen molar-refractivity contribution in [1.29, 1.82) is 0 Å². The highest BCUT2D eigenvalue weighted by molar-refractivity contribution is 6.24. The van der Waals surface area contributed by atoms with Crippen molar-refractivity contribution < 1.29 is 18.0 Å². The van der Waals surface area contributed by atoms with E-state index < -0.39 is 16.6 Å². The van der Waals surface area contributed by atoms with Crippen LogP contribution in [0.5, 0.6) is 0 Å². The number of rotatable bonds is 12. The van der Waals surface area contributed by atoms with Gasteiger partial charge in [0.25, 0.3) is 0 Å². The van der Waals surface area contributed by atoms with Crippen LogP contribution in [0.3, 0.4) is 0 Å². The van der Waals surface area contributed by atoms with Gasteiger partial charge < -0.3 is 5.32 Å². The summed E-state index contributed by atoms with van der Waals surface area (Å²) >= 11 is 6.85. The van der Waals surface area contributed by atoms with Crippen molar-refractivity contribution in [2.75, 3.05) is 0 Å². The highest BCUT2D eigenvalue weighted by Crippen LogP contribution is 2.34. The van der Waals surface area contributed by atoms with Crippen LogP contribution < -0.4 is 5.32 Å². The van der Waals surface area contributed by atoms with Gasteiger partial charge in [-0.15, -0.1) is 11.6 Å². The number of nitrogens with one attached hydrogen (secondary N) is 1. The maximum Gasteiger partial charge on any atom is 0.412 e. The highest BCUT2D eigenvalue weighted by Gasteiger charge is 2.34. The number of alkyl halides is 4. The molecule has 1 fully saturated rings. The lowest BCUT2D eigenvalue weighted by atomic mass is 9.90. The molecule has 0 aromatic heterocycles. The number of carbonyl (C=O) groups is 1. The van der Waals surface area contributed by atoms with Gasteiger partial charge in [0.2, 0.25) is 5.91 Å². The predicted molar refractivity (Wildman–Crippen MR) is 134 cm³/mol. The Labute approximate surface area is 204 Å². The first-order valence-electron chi connectivity index (χ1n) is 12.7. The van der Waals surface area contributed by atoms with Gasteiger partial charge in [-0.2, -0.15) is 13.2 Å². The minimum absolute atomic E-state index is 0.0595. The molecule has 0 aromatic carbocycles. The second-order valence-electron chi connectivity index (χ2n) is 9.42. The number of hydrogen-bond acceptors (Lipinski definition) is 1. The predicted octanol–water partition coefficient (Wildman–Crippen LogP) is 8.95. The summed E-state index contributed by atoms with van der Waals surface area (Å²) in [6, 6.07) is -0.201. The van der Waals surface area contributed by atoms with Gasteiger partial charge in [0.1, 0.15) is 0 Å². The number of allylic oxidation sites excluding steroid dienone is 5. The lowest BCUT2D eigenvalue weighted by molar-refractivity contribution is -0.118. The van der Waals surface area contributed by atoms with E-state index in [1.54, 1.807) is 13.0 Å². The van der Waals surface area contributed by atoms with Gasteiger partial charge >= 0.3 is 6.18 Å². The van der Waals surface area contributed by atoms with Crippen LogP contribution in [0.4, 0.5) is 13.2 Å². The van der Waals surface area contributed by atoms with Crippen LogP contribution in [0.1, 0.15) is 111 Å². The van der Waals surface area contributed by atoms with E-state index in [0.717, 1.165) is 37.3 Å². The van der Waals surface area contributed by atoms with E-state index in [4.69, 9.17) is 11.6 Å². The molecule has 0 spiro atoms. The summed E-state index contributed by atoms with van der Waals surface area (Å²) in [4.78, 5) is 12.1. The molecule has 6 heteroatoms. The van der Waals surface area contributed by atoms with Crippen molar-refractivity contribution in [3.05, 3.63) is 34.9 Å². The Balaban J connectivity index is 0.00000167. The van der Waals surface area contributed by atoms with Crippen molar-refractivity contribution in [2.45, 2.75) is 128 Å². The average molecular weight is 490 g/mol. The Morgan fingerprint density at radius 3 is 2.15 bits per heavy atom. The molecule has 1 N–H and O–H groups in total. The van der Waals surface area contributed by atoms with Crippen molar-refractivity contribution in [3.8, 4) is 0 Å². The molecule has 33 heavy (non-hydrogen) atoms. The van der Waals surface area contributed by atoms with Gasteiger partial charge in [-0.3, -0.25) is 4.79 Å². The molecule has 0 aromatic rings. The van der Waals surface area contributed by atoms with Crippen LogP contribution in [0.15, 0.2) is 34.9 Å². The van der Waals surface area contributed by atoms with Crippen molar-refractivity contribution in [1.82, 2.24) is 5.32 Å². The number of hydrogen-bond donors (Lipinski definition) is 1. The molecule has 2 nitrogen and oxygen atoms in total. The molecule has 2 atom stereocenters. The molecule has 0 saturated heterocycles. The topological polar surface area (TPSA) is 29.1 Å². The lowest BCUT2D eigenvalue weighted by Crippen LogP contribution is -2.47. The lowest BCUT2D eigenvalue weighted by Gasteiger charge is -2.33. The number of unbranched alkanes of at least 4 members (excludes halogenated alkanes) is 5. The van der Waals surface area contributed by atoms with E-state index in [1.165, 1.54) is 51.0 Å². The molecular weight excluding hydrogens is 447 g/mol. The van der Waals surface area contributed by atoms with Gasteiger partial charge in [0.05, 0.1) is 4.87 Å². The van der Waals surface area contributed by atoms with Crippen LogP contribution in [-0.4, -0.2) is 23.0 Å². The highest BCUT2D eigenvalue weighted by atomic mass is 35.5. The van der Waals surface area contributed by atoms with Gasteiger partial charge in [-0.25, -0.2) is 0 Å². The third-order valence-electron chi connectivity index (χ3n) is 6.32. The van der Waals surface area contributed by atoms with Crippen LogP contribution in [0.2, 0.25) is 0 Å². The minimum Gasteiger partial charge on any atom is -0.348 e. The first kappa shape index (κ1) is 29.8.